The van der Waals surface area contributed by atoms with Gasteiger partial charge in [0.15, 0.2) is 0 Å². The maximum absolute atomic E-state index is 10.8. The maximum Gasteiger partial charge on any atom is 0.123 e. The molecule has 0 saturated heterocycles. The summed E-state index contributed by atoms with van der Waals surface area (Å²) < 4.78 is 0. The first-order valence-electron chi connectivity index (χ1n) is 5.35. The maximum atomic E-state index is 10.8. The van der Waals surface area contributed by atoms with Crippen molar-refractivity contribution in [1.82, 2.24) is 0 Å². The highest BCUT2D eigenvalue weighted by Crippen LogP contribution is 2.60. The van der Waals surface area contributed by atoms with Crippen LogP contribution in [-0.4, -0.2) is 6.29 Å². The average molecular weight is 164 g/mol. The van der Waals surface area contributed by atoms with Gasteiger partial charge in [-0.3, -0.25) is 0 Å². The molecule has 0 aliphatic heterocycles. The van der Waals surface area contributed by atoms with Gasteiger partial charge in [-0.25, -0.2) is 0 Å². The Morgan fingerprint density at radius 3 is 2.67 bits per heavy atom. The molecule has 3 fully saturated rings. The van der Waals surface area contributed by atoms with Gasteiger partial charge in [-0.05, 0) is 49.4 Å². The van der Waals surface area contributed by atoms with Crippen molar-refractivity contribution in [3.63, 3.8) is 0 Å². The van der Waals surface area contributed by atoms with Crippen LogP contribution >= 0.6 is 0 Å². The van der Waals surface area contributed by atoms with Crippen molar-refractivity contribution in [3.8, 4) is 0 Å². The first-order chi connectivity index (χ1) is 5.90. The Hall–Kier alpha value is -0.330. The number of fused-ring (bicyclic) bond motifs is 5. The number of hydrogen-bond acceptors (Lipinski definition) is 1. The second-order valence-electron chi connectivity index (χ2n) is 4.95. The largest absolute Gasteiger partial charge is 0.303 e. The summed E-state index contributed by atoms with van der Waals surface area (Å²) in [6.45, 7) is 0. The normalized spacial score (nSPS) is 55.8. The Kier molecular flexibility index (Phi) is 1.38. The molecule has 0 aromatic heterocycles. The molecule has 3 saturated carbocycles. The van der Waals surface area contributed by atoms with Crippen molar-refractivity contribution in [3.05, 3.63) is 0 Å². The number of aldehydes is 1. The van der Waals surface area contributed by atoms with E-state index in [9.17, 15) is 4.79 Å². The lowest BCUT2D eigenvalue weighted by atomic mass is 9.76. The van der Waals surface area contributed by atoms with Gasteiger partial charge in [0.2, 0.25) is 0 Å². The zero-order valence-electron chi connectivity index (χ0n) is 7.41. The number of carbonyl (C=O) groups excluding carboxylic acids is 1. The zero-order valence-corrected chi connectivity index (χ0v) is 7.41. The minimum Gasteiger partial charge on any atom is -0.303 e. The number of rotatable bonds is 1. The highest BCUT2D eigenvalue weighted by atomic mass is 16.1. The van der Waals surface area contributed by atoms with E-state index in [1.54, 1.807) is 0 Å². The van der Waals surface area contributed by atoms with Crippen LogP contribution in [0.25, 0.3) is 0 Å². The highest BCUT2D eigenvalue weighted by molar-refractivity contribution is 5.55. The van der Waals surface area contributed by atoms with Gasteiger partial charge in [-0.1, -0.05) is 6.42 Å². The topological polar surface area (TPSA) is 17.1 Å². The molecule has 0 heterocycles. The lowest BCUT2D eigenvalue weighted by Gasteiger charge is -2.28. The Balaban J connectivity index is 1.87. The Morgan fingerprint density at radius 2 is 1.83 bits per heavy atom. The SMILES string of the molecule is O=C[C@H]1C[C@H]2C[C@H]1[C@H]1CCC[C@@H]21. The van der Waals surface area contributed by atoms with E-state index in [0.29, 0.717) is 5.92 Å². The van der Waals surface area contributed by atoms with Crippen LogP contribution in [0.2, 0.25) is 0 Å². The predicted molar refractivity (Wildman–Crippen MR) is 46.6 cm³/mol. The van der Waals surface area contributed by atoms with Gasteiger partial charge in [0, 0.05) is 5.92 Å². The highest BCUT2D eigenvalue weighted by Gasteiger charge is 2.53. The van der Waals surface area contributed by atoms with Crippen LogP contribution in [0.4, 0.5) is 0 Å². The van der Waals surface area contributed by atoms with E-state index in [2.05, 4.69) is 0 Å². The molecule has 1 nitrogen and oxygen atoms in total. The molecule has 0 aromatic rings. The fourth-order valence-corrected chi connectivity index (χ4v) is 4.28. The van der Waals surface area contributed by atoms with Gasteiger partial charge in [-0.2, -0.15) is 0 Å². The zero-order chi connectivity index (χ0) is 8.13. The Morgan fingerprint density at radius 1 is 1.00 bits per heavy atom. The van der Waals surface area contributed by atoms with Crippen molar-refractivity contribution < 1.29 is 4.79 Å². The standard InChI is InChI=1S/C11H16O/c12-6-8-4-7-5-11(8)10-3-1-2-9(7)10/h6-11H,1-5H2/t7-,8+,9-,10-,11+/m0/s1. The molecular weight excluding hydrogens is 148 g/mol. The smallest absolute Gasteiger partial charge is 0.123 e. The summed E-state index contributed by atoms with van der Waals surface area (Å²) in [5, 5.41) is 0. The molecule has 3 aliphatic carbocycles. The Labute approximate surface area is 73.5 Å². The third-order valence-corrected chi connectivity index (χ3v) is 4.65. The van der Waals surface area contributed by atoms with Crippen molar-refractivity contribution in [2.75, 3.05) is 0 Å². The summed E-state index contributed by atoms with van der Waals surface area (Å²) in [6, 6.07) is 0. The molecular formula is C11H16O. The third kappa shape index (κ3) is 0.725. The molecule has 0 radical (unpaired) electrons. The molecule has 0 unspecified atom stereocenters. The van der Waals surface area contributed by atoms with Crippen molar-refractivity contribution in [2.24, 2.45) is 29.6 Å². The minimum absolute atomic E-state index is 0.453. The van der Waals surface area contributed by atoms with E-state index >= 15 is 0 Å². The molecule has 0 amide bonds. The third-order valence-electron chi connectivity index (χ3n) is 4.65. The fourth-order valence-electron chi connectivity index (χ4n) is 4.28. The summed E-state index contributed by atoms with van der Waals surface area (Å²) in [5.74, 6) is 4.19. The number of hydrogen-bond donors (Lipinski definition) is 0. The lowest BCUT2D eigenvalue weighted by Crippen LogP contribution is -2.24. The van der Waals surface area contributed by atoms with E-state index in [0.717, 1.165) is 23.7 Å². The van der Waals surface area contributed by atoms with Gasteiger partial charge in [0.25, 0.3) is 0 Å². The molecule has 5 atom stereocenters. The molecule has 3 rings (SSSR count). The predicted octanol–water partition coefficient (Wildman–Crippen LogP) is 2.26. The van der Waals surface area contributed by atoms with Gasteiger partial charge in [0.05, 0.1) is 0 Å². The summed E-state index contributed by atoms with van der Waals surface area (Å²) in [6.07, 6.45) is 8.19. The second kappa shape index (κ2) is 2.34. The van der Waals surface area contributed by atoms with Crippen LogP contribution in [-0.2, 0) is 4.79 Å². The molecule has 2 bridgehead atoms. The van der Waals surface area contributed by atoms with Crippen molar-refractivity contribution in [2.45, 2.75) is 32.1 Å². The monoisotopic (exact) mass is 164 g/mol. The van der Waals surface area contributed by atoms with Crippen LogP contribution in [0.5, 0.6) is 0 Å². The van der Waals surface area contributed by atoms with Gasteiger partial charge in [0.1, 0.15) is 6.29 Å². The van der Waals surface area contributed by atoms with Crippen LogP contribution in [0, 0.1) is 29.6 Å². The molecule has 66 valence electrons. The van der Waals surface area contributed by atoms with Crippen molar-refractivity contribution >= 4 is 6.29 Å². The molecule has 0 N–H and O–H groups in total. The van der Waals surface area contributed by atoms with E-state index in [1.165, 1.54) is 38.4 Å². The van der Waals surface area contributed by atoms with Crippen LogP contribution < -0.4 is 0 Å². The summed E-state index contributed by atoms with van der Waals surface area (Å²) in [7, 11) is 0. The molecule has 1 heteroatoms. The van der Waals surface area contributed by atoms with E-state index in [4.69, 9.17) is 0 Å². The van der Waals surface area contributed by atoms with Crippen LogP contribution in [0.3, 0.4) is 0 Å². The molecule has 3 aliphatic rings. The first kappa shape index (κ1) is 7.11. The quantitative estimate of drug-likeness (QED) is 0.543. The summed E-state index contributed by atoms with van der Waals surface area (Å²) in [4.78, 5) is 10.8. The lowest BCUT2D eigenvalue weighted by molar-refractivity contribution is -0.113. The summed E-state index contributed by atoms with van der Waals surface area (Å²) in [5.41, 5.74) is 0. The molecule has 0 spiro atoms. The van der Waals surface area contributed by atoms with Crippen molar-refractivity contribution in [1.29, 1.82) is 0 Å². The van der Waals surface area contributed by atoms with Crippen LogP contribution in [0.1, 0.15) is 32.1 Å². The van der Waals surface area contributed by atoms with E-state index in [1.807, 2.05) is 0 Å². The van der Waals surface area contributed by atoms with Gasteiger partial charge < -0.3 is 4.79 Å². The van der Waals surface area contributed by atoms with E-state index in [-0.39, 0.29) is 0 Å². The summed E-state index contributed by atoms with van der Waals surface area (Å²) >= 11 is 0. The molecule has 12 heavy (non-hydrogen) atoms. The van der Waals surface area contributed by atoms with E-state index < -0.39 is 0 Å². The second-order valence-corrected chi connectivity index (χ2v) is 4.95. The number of carbonyl (C=O) groups is 1. The molecule has 0 aromatic carbocycles. The first-order valence-corrected chi connectivity index (χ1v) is 5.35. The van der Waals surface area contributed by atoms with Crippen LogP contribution in [0.15, 0.2) is 0 Å². The van der Waals surface area contributed by atoms with Gasteiger partial charge >= 0.3 is 0 Å². The van der Waals surface area contributed by atoms with Gasteiger partial charge in [-0.15, -0.1) is 0 Å². The fraction of sp³-hybridized carbons (Fsp3) is 0.909. The average Bonchev–Trinajstić information content (AvgIpc) is 2.75. The minimum atomic E-state index is 0.453. The Bertz CT molecular complexity index is 211.